The summed E-state index contributed by atoms with van der Waals surface area (Å²) >= 11 is 11.7. The van der Waals surface area contributed by atoms with Gasteiger partial charge in [-0.2, -0.15) is 0 Å². The Morgan fingerprint density at radius 3 is 2.67 bits per heavy atom. The van der Waals surface area contributed by atoms with Crippen molar-refractivity contribution in [2.45, 2.75) is 19.4 Å². The molecule has 1 aliphatic rings. The zero-order valence-corrected chi connectivity index (χ0v) is 16.1. The molecule has 3 N–H and O–H groups in total. The molecule has 1 unspecified atom stereocenters. The van der Waals surface area contributed by atoms with Gasteiger partial charge in [-0.15, -0.1) is 0 Å². The molecule has 1 aromatic carbocycles. The molecule has 142 valence electrons. The summed E-state index contributed by atoms with van der Waals surface area (Å²) in [6.07, 6.45) is 3.21. The normalized spacial score (nSPS) is 17.5. The number of nitrogens with two attached hydrogens (primary N) is 1. The number of carbonyl (C=O) groups is 2. The second kappa shape index (κ2) is 8.69. The molecule has 0 radical (unpaired) electrons. The Hall–Kier alpha value is -2.15. The van der Waals surface area contributed by atoms with Crippen molar-refractivity contribution in [1.29, 1.82) is 0 Å². The third kappa shape index (κ3) is 5.19. The van der Waals surface area contributed by atoms with Crippen LogP contribution < -0.4 is 11.1 Å². The lowest BCUT2D eigenvalue weighted by atomic mass is 9.97. The fraction of sp³-hybridized carbons (Fsp3) is 0.316. The van der Waals surface area contributed by atoms with Gasteiger partial charge in [0.2, 0.25) is 5.91 Å². The number of carbonyl (C=O) groups excluding carboxylic acids is 2. The van der Waals surface area contributed by atoms with Crippen LogP contribution >= 0.6 is 23.2 Å². The van der Waals surface area contributed by atoms with Crippen LogP contribution in [-0.2, 0) is 11.3 Å². The number of benzene rings is 1. The number of halogens is 2. The molecule has 1 aromatic heterocycles. The highest BCUT2D eigenvalue weighted by Gasteiger charge is 2.23. The van der Waals surface area contributed by atoms with Crippen LogP contribution in [-0.4, -0.2) is 34.8 Å². The zero-order valence-electron chi connectivity index (χ0n) is 14.6. The van der Waals surface area contributed by atoms with Crippen LogP contribution in [0.1, 0.15) is 28.8 Å². The maximum absolute atomic E-state index is 12.3. The van der Waals surface area contributed by atoms with Crippen molar-refractivity contribution in [3.63, 3.8) is 0 Å². The van der Waals surface area contributed by atoms with E-state index in [4.69, 9.17) is 28.9 Å². The number of amides is 2. The molecule has 0 spiro atoms. The summed E-state index contributed by atoms with van der Waals surface area (Å²) < 4.78 is 0. The summed E-state index contributed by atoms with van der Waals surface area (Å²) in [4.78, 5) is 29.8. The first-order valence-electron chi connectivity index (χ1n) is 8.65. The first-order valence-corrected chi connectivity index (χ1v) is 9.41. The fourth-order valence-corrected chi connectivity index (χ4v) is 3.40. The second-order valence-electron chi connectivity index (χ2n) is 6.62. The van der Waals surface area contributed by atoms with E-state index in [1.807, 2.05) is 24.3 Å². The van der Waals surface area contributed by atoms with Gasteiger partial charge in [0.05, 0.1) is 16.5 Å². The average molecular weight is 407 g/mol. The number of aromatic nitrogens is 1. The van der Waals surface area contributed by atoms with E-state index < -0.39 is 0 Å². The molecule has 1 aliphatic heterocycles. The molecule has 2 amide bonds. The number of rotatable bonds is 5. The number of hydrogen-bond donors (Lipinski definition) is 2. The van der Waals surface area contributed by atoms with Crippen molar-refractivity contribution in [2.75, 3.05) is 18.4 Å². The SMILES string of the molecule is NC(=O)C1CCCN(Cc2ccc(NC(=O)c3cnc(Cl)c(Cl)c3)cc2)C1. The highest BCUT2D eigenvalue weighted by atomic mass is 35.5. The van der Waals surface area contributed by atoms with Gasteiger partial charge in [0.15, 0.2) is 0 Å². The number of piperidine rings is 1. The molecule has 1 fully saturated rings. The van der Waals surface area contributed by atoms with Crippen LogP contribution in [0.3, 0.4) is 0 Å². The highest BCUT2D eigenvalue weighted by Crippen LogP contribution is 2.21. The smallest absolute Gasteiger partial charge is 0.257 e. The third-order valence-electron chi connectivity index (χ3n) is 4.58. The van der Waals surface area contributed by atoms with Gasteiger partial charge in [-0.1, -0.05) is 35.3 Å². The number of pyridine rings is 1. The van der Waals surface area contributed by atoms with Crippen LogP contribution in [0.2, 0.25) is 10.2 Å². The minimum atomic E-state index is -0.311. The molecule has 3 rings (SSSR count). The Labute approximate surface area is 167 Å². The van der Waals surface area contributed by atoms with Crippen molar-refractivity contribution in [2.24, 2.45) is 11.7 Å². The number of anilines is 1. The van der Waals surface area contributed by atoms with Crippen LogP contribution in [0.5, 0.6) is 0 Å². The minimum Gasteiger partial charge on any atom is -0.369 e. The van der Waals surface area contributed by atoms with E-state index in [1.54, 1.807) is 0 Å². The number of primary amides is 1. The van der Waals surface area contributed by atoms with E-state index in [2.05, 4.69) is 15.2 Å². The molecule has 1 atom stereocenters. The molecule has 0 saturated carbocycles. The Morgan fingerprint density at radius 2 is 2.00 bits per heavy atom. The number of likely N-dealkylation sites (tertiary alicyclic amines) is 1. The minimum absolute atomic E-state index is 0.0721. The largest absolute Gasteiger partial charge is 0.369 e. The van der Waals surface area contributed by atoms with Crippen LogP contribution in [0.4, 0.5) is 5.69 Å². The van der Waals surface area contributed by atoms with Gasteiger partial charge in [-0.05, 0) is 43.1 Å². The number of hydrogen-bond acceptors (Lipinski definition) is 4. The summed E-state index contributed by atoms with van der Waals surface area (Å²) in [7, 11) is 0. The predicted octanol–water partition coefficient (Wildman–Crippen LogP) is 3.34. The first-order chi connectivity index (χ1) is 12.9. The summed E-state index contributed by atoms with van der Waals surface area (Å²) in [5.74, 6) is -0.610. The molecule has 1 saturated heterocycles. The molecule has 2 heterocycles. The molecule has 6 nitrogen and oxygen atoms in total. The van der Waals surface area contributed by atoms with Crippen LogP contribution in [0.15, 0.2) is 36.5 Å². The summed E-state index contributed by atoms with van der Waals surface area (Å²) in [6.45, 7) is 2.39. The Bertz CT molecular complexity index is 842. The Morgan fingerprint density at radius 1 is 1.26 bits per heavy atom. The maximum Gasteiger partial charge on any atom is 0.257 e. The predicted molar refractivity (Wildman–Crippen MR) is 106 cm³/mol. The lowest BCUT2D eigenvalue weighted by Gasteiger charge is -2.31. The monoisotopic (exact) mass is 406 g/mol. The lowest BCUT2D eigenvalue weighted by molar-refractivity contribution is -0.123. The first kappa shape index (κ1) is 19.6. The molecule has 0 aliphatic carbocycles. The quantitative estimate of drug-likeness (QED) is 0.745. The van der Waals surface area contributed by atoms with Gasteiger partial charge in [-0.25, -0.2) is 4.98 Å². The van der Waals surface area contributed by atoms with Crippen LogP contribution in [0.25, 0.3) is 0 Å². The van der Waals surface area contributed by atoms with E-state index in [1.165, 1.54) is 12.3 Å². The third-order valence-corrected chi connectivity index (χ3v) is 5.27. The second-order valence-corrected chi connectivity index (χ2v) is 7.39. The standard InChI is InChI=1S/C19H20Cl2N4O2/c20-16-8-14(9-23-17(16)21)19(27)24-15-5-3-12(4-6-15)10-25-7-1-2-13(11-25)18(22)26/h3-6,8-9,13H,1-2,7,10-11H2,(H2,22,26)(H,24,27). The maximum atomic E-state index is 12.3. The summed E-state index contributed by atoms with van der Waals surface area (Å²) in [5.41, 5.74) is 7.54. The molecule has 0 bridgehead atoms. The van der Waals surface area contributed by atoms with E-state index >= 15 is 0 Å². The van der Waals surface area contributed by atoms with Crippen molar-refractivity contribution in [3.05, 3.63) is 57.8 Å². The highest BCUT2D eigenvalue weighted by molar-refractivity contribution is 6.41. The molecule has 2 aromatic rings. The summed E-state index contributed by atoms with van der Waals surface area (Å²) in [6, 6.07) is 9.07. The van der Waals surface area contributed by atoms with Crippen molar-refractivity contribution >= 4 is 40.7 Å². The lowest BCUT2D eigenvalue weighted by Crippen LogP contribution is -2.40. The average Bonchev–Trinajstić information content (AvgIpc) is 2.65. The van der Waals surface area contributed by atoms with Gasteiger partial charge >= 0.3 is 0 Å². The van der Waals surface area contributed by atoms with Gasteiger partial charge in [-0.3, -0.25) is 14.5 Å². The van der Waals surface area contributed by atoms with Crippen molar-refractivity contribution in [3.8, 4) is 0 Å². The van der Waals surface area contributed by atoms with Gasteiger partial charge < -0.3 is 11.1 Å². The van der Waals surface area contributed by atoms with E-state index in [0.29, 0.717) is 17.8 Å². The van der Waals surface area contributed by atoms with E-state index in [-0.39, 0.29) is 27.9 Å². The van der Waals surface area contributed by atoms with Gasteiger partial charge in [0.1, 0.15) is 5.15 Å². The number of nitrogens with zero attached hydrogens (tertiary/aromatic N) is 2. The van der Waals surface area contributed by atoms with Crippen molar-refractivity contribution < 1.29 is 9.59 Å². The van der Waals surface area contributed by atoms with Gasteiger partial charge in [0.25, 0.3) is 5.91 Å². The zero-order chi connectivity index (χ0) is 19.4. The van der Waals surface area contributed by atoms with E-state index in [0.717, 1.165) is 31.5 Å². The van der Waals surface area contributed by atoms with Crippen molar-refractivity contribution in [1.82, 2.24) is 9.88 Å². The molecule has 27 heavy (non-hydrogen) atoms. The fourth-order valence-electron chi connectivity index (χ4n) is 3.13. The van der Waals surface area contributed by atoms with Gasteiger partial charge in [0, 0.05) is 25.0 Å². The summed E-state index contributed by atoms with van der Waals surface area (Å²) in [5, 5.41) is 3.20. The van der Waals surface area contributed by atoms with E-state index in [9.17, 15) is 9.59 Å². The molecule has 8 heteroatoms. The van der Waals surface area contributed by atoms with Crippen LogP contribution in [0, 0.1) is 5.92 Å². The molecular formula is C19H20Cl2N4O2. The Kier molecular flexibility index (Phi) is 6.31. The number of nitrogens with one attached hydrogen (secondary N) is 1. The Balaban J connectivity index is 1.59. The topological polar surface area (TPSA) is 88.3 Å². The molecular weight excluding hydrogens is 387 g/mol.